The normalized spacial score (nSPS) is 11.8. The maximum absolute atomic E-state index is 11.6. The van der Waals surface area contributed by atoms with Crippen LogP contribution in [0.25, 0.3) is 22.2 Å². The lowest BCUT2D eigenvalue weighted by molar-refractivity contribution is 0.459. The van der Waals surface area contributed by atoms with Crippen molar-refractivity contribution in [3.05, 3.63) is 48.5 Å². The number of nitrogens with zero attached hydrogens (tertiary/aromatic N) is 1. The molecule has 0 aliphatic heterocycles. The van der Waals surface area contributed by atoms with E-state index >= 15 is 0 Å². The van der Waals surface area contributed by atoms with Crippen LogP contribution < -0.4 is 5.14 Å². The first-order valence-corrected chi connectivity index (χ1v) is 7.08. The maximum Gasteiger partial charge on any atom is 0.238 e. The Morgan fingerprint density at radius 3 is 2.47 bits per heavy atom. The van der Waals surface area contributed by atoms with Crippen molar-refractivity contribution in [1.29, 1.82) is 0 Å². The van der Waals surface area contributed by atoms with Gasteiger partial charge in [0, 0.05) is 10.9 Å². The summed E-state index contributed by atoms with van der Waals surface area (Å²) in [5, 5.41) is 9.91. The Balaban J connectivity index is 2.34. The molecule has 0 fully saturated rings. The maximum atomic E-state index is 11.6. The topological polar surface area (TPSA) is 86.2 Å². The fraction of sp³-hybridized carbons (Fsp3) is 0. The minimum atomic E-state index is -3.81. The van der Waals surface area contributed by atoms with Crippen LogP contribution in [0.4, 0.5) is 0 Å². The van der Waals surface area contributed by atoms with E-state index in [2.05, 4.69) is 5.16 Å². The molecule has 0 aliphatic carbocycles. The number of fused-ring (bicyclic) bond motifs is 1. The first-order valence-electron chi connectivity index (χ1n) is 5.54. The third-order valence-corrected chi connectivity index (χ3v) is 3.80. The first kappa shape index (κ1) is 11.9. The van der Waals surface area contributed by atoms with Gasteiger partial charge in [0.2, 0.25) is 10.0 Å². The molecule has 6 heteroatoms. The van der Waals surface area contributed by atoms with Crippen molar-refractivity contribution in [3.8, 4) is 11.3 Å². The van der Waals surface area contributed by atoms with Crippen LogP contribution in [-0.2, 0) is 10.0 Å². The van der Waals surface area contributed by atoms with E-state index in [9.17, 15) is 8.42 Å². The average molecular weight is 274 g/mol. The molecular weight excluding hydrogens is 264 g/mol. The molecule has 2 aromatic carbocycles. The molecule has 0 spiro atoms. The Labute approximate surface area is 109 Å². The predicted molar refractivity (Wildman–Crippen MR) is 70.8 cm³/mol. The van der Waals surface area contributed by atoms with Gasteiger partial charge in [-0.05, 0) is 18.2 Å². The molecule has 0 unspecified atom stereocenters. The fourth-order valence-electron chi connectivity index (χ4n) is 1.99. The second kappa shape index (κ2) is 4.18. The van der Waals surface area contributed by atoms with Crippen LogP contribution in [0.15, 0.2) is 57.9 Å². The molecule has 96 valence electrons. The summed E-state index contributed by atoms with van der Waals surface area (Å²) in [4.78, 5) is 0.0362. The van der Waals surface area contributed by atoms with Gasteiger partial charge in [-0.1, -0.05) is 35.5 Å². The predicted octanol–water partition coefficient (Wildman–Crippen LogP) is 2.14. The van der Waals surface area contributed by atoms with Crippen molar-refractivity contribution >= 4 is 21.0 Å². The van der Waals surface area contributed by atoms with Crippen molar-refractivity contribution in [2.24, 2.45) is 5.14 Å². The molecule has 0 aliphatic rings. The Bertz CT molecular complexity index is 853. The highest BCUT2D eigenvalue weighted by Gasteiger charge is 2.18. The molecule has 1 heterocycles. The lowest BCUT2D eigenvalue weighted by Gasteiger charge is -2.04. The van der Waals surface area contributed by atoms with Crippen molar-refractivity contribution in [2.45, 2.75) is 4.90 Å². The number of aromatic nitrogens is 1. The van der Waals surface area contributed by atoms with Gasteiger partial charge in [0.25, 0.3) is 0 Å². The van der Waals surface area contributed by atoms with Crippen molar-refractivity contribution in [1.82, 2.24) is 5.16 Å². The number of rotatable bonds is 2. The standard InChI is InChI=1S/C13H10N2O3S/c14-19(16,17)12-8-4-2-6-10(12)13-9-5-1-3-7-11(9)18-15-13/h1-8H,(H2,14,16,17). The van der Waals surface area contributed by atoms with Crippen LogP contribution in [0, 0.1) is 0 Å². The Hall–Kier alpha value is -2.18. The smallest absolute Gasteiger partial charge is 0.238 e. The summed E-state index contributed by atoms with van der Waals surface area (Å²) in [5.41, 5.74) is 1.51. The second-order valence-electron chi connectivity index (χ2n) is 4.07. The molecule has 0 radical (unpaired) electrons. The molecule has 3 rings (SSSR count). The summed E-state index contributed by atoms with van der Waals surface area (Å²) in [6, 6.07) is 13.7. The fourth-order valence-corrected chi connectivity index (χ4v) is 2.73. The molecule has 0 saturated carbocycles. The number of benzene rings is 2. The van der Waals surface area contributed by atoms with Gasteiger partial charge in [-0.2, -0.15) is 0 Å². The molecule has 0 atom stereocenters. The molecule has 3 aromatic rings. The van der Waals surface area contributed by atoms with Gasteiger partial charge in [0.05, 0.1) is 4.90 Å². The number of sulfonamides is 1. The van der Waals surface area contributed by atoms with E-state index in [0.29, 0.717) is 16.8 Å². The largest absolute Gasteiger partial charge is 0.356 e. The summed E-state index contributed by atoms with van der Waals surface area (Å²) in [7, 11) is -3.81. The zero-order valence-electron chi connectivity index (χ0n) is 9.78. The molecule has 0 saturated heterocycles. The van der Waals surface area contributed by atoms with Crippen LogP contribution in [0.3, 0.4) is 0 Å². The Morgan fingerprint density at radius 1 is 1.00 bits per heavy atom. The quantitative estimate of drug-likeness (QED) is 0.775. The van der Waals surface area contributed by atoms with Gasteiger partial charge < -0.3 is 4.52 Å². The van der Waals surface area contributed by atoms with Gasteiger partial charge in [-0.25, -0.2) is 13.6 Å². The lowest BCUT2D eigenvalue weighted by Crippen LogP contribution is -2.13. The van der Waals surface area contributed by atoms with Crippen molar-refractivity contribution in [2.75, 3.05) is 0 Å². The SMILES string of the molecule is NS(=O)(=O)c1ccccc1-c1noc2ccccc12. The van der Waals surface area contributed by atoms with Gasteiger partial charge in [0.15, 0.2) is 5.58 Å². The van der Waals surface area contributed by atoms with Crippen LogP contribution in [0.1, 0.15) is 0 Å². The van der Waals surface area contributed by atoms with Crippen LogP contribution in [-0.4, -0.2) is 13.6 Å². The van der Waals surface area contributed by atoms with Gasteiger partial charge in [-0.3, -0.25) is 0 Å². The minimum Gasteiger partial charge on any atom is -0.356 e. The summed E-state index contributed by atoms with van der Waals surface area (Å²) >= 11 is 0. The van der Waals surface area contributed by atoms with E-state index in [0.717, 1.165) is 5.39 Å². The van der Waals surface area contributed by atoms with E-state index in [1.807, 2.05) is 18.2 Å². The summed E-state index contributed by atoms with van der Waals surface area (Å²) in [5.74, 6) is 0. The van der Waals surface area contributed by atoms with Crippen molar-refractivity contribution in [3.63, 3.8) is 0 Å². The third kappa shape index (κ3) is 2.00. The van der Waals surface area contributed by atoms with Crippen molar-refractivity contribution < 1.29 is 12.9 Å². The molecule has 2 N–H and O–H groups in total. The molecular formula is C13H10N2O3S. The van der Waals surface area contributed by atoms with E-state index in [-0.39, 0.29) is 4.90 Å². The molecule has 5 nitrogen and oxygen atoms in total. The van der Waals surface area contributed by atoms with E-state index < -0.39 is 10.0 Å². The number of hydrogen-bond donors (Lipinski definition) is 1. The van der Waals surface area contributed by atoms with Crippen LogP contribution >= 0.6 is 0 Å². The molecule has 0 bridgehead atoms. The number of primary sulfonamides is 1. The lowest BCUT2D eigenvalue weighted by atomic mass is 10.1. The third-order valence-electron chi connectivity index (χ3n) is 2.83. The monoisotopic (exact) mass is 274 g/mol. The molecule has 19 heavy (non-hydrogen) atoms. The highest BCUT2D eigenvalue weighted by atomic mass is 32.2. The zero-order chi connectivity index (χ0) is 13.5. The Morgan fingerprint density at radius 2 is 1.68 bits per heavy atom. The van der Waals surface area contributed by atoms with Gasteiger partial charge in [-0.15, -0.1) is 0 Å². The van der Waals surface area contributed by atoms with Crippen LogP contribution in [0.2, 0.25) is 0 Å². The molecule has 1 aromatic heterocycles. The van der Waals surface area contributed by atoms with E-state index in [1.54, 1.807) is 24.3 Å². The highest BCUT2D eigenvalue weighted by molar-refractivity contribution is 7.89. The van der Waals surface area contributed by atoms with Gasteiger partial charge >= 0.3 is 0 Å². The first-order chi connectivity index (χ1) is 9.07. The number of nitrogens with two attached hydrogens (primary N) is 1. The number of para-hydroxylation sites is 1. The minimum absolute atomic E-state index is 0.0362. The summed E-state index contributed by atoms with van der Waals surface area (Å²) in [6.45, 7) is 0. The van der Waals surface area contributed by atoms with E-state index in [4.69, 9.17) is 9.66 Å². The Kier molecular flexibility index (Phi) is 2.62. The zero-order valence-corrected chi connectivity index (χ0v) is 10.6. The second-order valence-corrected chi connectivity index (χ2v) is 5.60. The summed E-state index contributed by atoms with van der Waals surface area (Å²) in [6.07, 6.45) is 0. The van der Waals surface area contributed by atoms with Gasteiger partial charge in [0.1, 0.15) is 5.69 Å². The molecule has 0 amide bonds. The number of hydrogen-bond acceptors (Lipinski definition) is 4. The van der Waals surface area contributed by atoms with E-state index in [1.165, 1.54) is 6.07 Å². The highest BCUT2D eigenvalue weighted by Crippen LogP contribution is 2.31. The summed E-state index contributed by atoms with van der Waals surface area (Å²) < 4.78 is 28.4. The average Bonchev–Trinajstić information content (AvgIpc) is 2.81. The van der Waals surface area contributed by atoms with Crippen LogP contribution in [0.5, 0.6) is 0 Å².